The molecule has 154 valence electrons. The summed E-state index contributed by atoms with van der Waals surface area (Å²) in [5, 5.41) is 2.60. The molecule has 0 spiro atoms. The molecule has 1 aliphatic rings. The molecule has 1 aromatic rings. The van der Waals surface area contributed by atoms with Crippen molar-refractivity contribution in [3.8, 4) is 11.5 Å². The van der Waals surface area contributed by atoms with Gasteiger partial charge in [-0.2, -0.15) is 0 Å². The number of anilines is 1. The van der Waals surface area contributed by atoms with Crippen molar-refractivity contribution in [1.29, 1.82) is 0 Å². The van der Waals surface area contributed by atoms with Gasteiger partial charge < -0.3 is 29.2 Å². The maximum absolute atomic E-state index is 12.4. The summed E-state index contributed by atoms with van der Waals surface area (Å²) in [5.74, 6) is -0.818. The van der Waals surface area contributed by atoms with Crippen molar-refractivity contribution in [2.24, 2.45) is 5.92 Å². The first-order valence-electron chi connectivity index (χ1n) is 8.90. The molecule has 1 N–H and O–H groups in total. The minimum atomic E-state index is -0.955. The van der Waals surface area contributed by atoms with Crippen LogP contribution in [0.1, 0.15) is 13.3 Å². The van der Waals surface area contributed by atoms with Gasteiger partial charge in [0.05, 0.1) is 32.4 Å². The number of methoxy groups -OCH3 is 3. The zero-order valence-electron chi connectivity index (χ0n) is 16.5. The number of hydrogen-bond acceptors (Lipinski definition) is 7. The lowest BCUT2D eigenvalue weighted by Crippen LogP contribution is -2.38. The highest BCUT2D eigenvalue weighted by atomic mass is 16.5. The average Bonchev–Trinajstić information content (AvgIpc) is 3.09. The highest BCUT2D eigenvalue weighted by Crippen LogP contribution is 2.36. The van der Waals surface area contributed by atoms with E-state index in [1.54, 1.807) is 18.2 Å². The summed E-state index contributed by atoms with van der Waals surface area (Å²) < 4.78 is 20.6. The maximum atomic E-state index is 12.4. The number of carbonyl (C=O) groups excluding carboxylic acids is 3. The Labute approximate surface area is 163 Å². The number of nitrogens with zero attached hydrogens (tertiary/aromatic N) is 1. The minimum absolute atomic E-state index is 0.00598. The number of benzene rings is 1. The van der Waals surface area contributed by atoms with E-state index in [4.69, 9.17) is 18.9 Å². The van der Waals surface area contributed by atoms with Crippen LogP contribution in [0.15, 0.2) is 18.2 Å². The van der Waals surface area contributed by atoms with Crippen LogP contribution >= 0.6 is 0 Å². The Hall–Kier alpha value is -2.81. The Balaban J connectivity index is 2.00. The lowest BCUT2D eigenvalue weighted by molar-refractivity contribution is -0.158. The van der Waals surface area contributed by atoms with E-state index in [1.165, 1.54) is 33.2 Å². The summed E-state index contributed by atoms with van der Waals surface area (Å²) in [6.07, 6.45) is -0.949. The van der Waals surface area contributed by atoms with Crippen molar-refractivity contribution in [2.75, 3.05) is 45.9 Å². The number of hydrogen-bond donors (Lipinski definition) is 1. The van der Waals surface area contributed by atoms with Gasteiger partial charge in [-0.25, -0.2) is 0 Å². The summed E-state index contributed by atoms with van der Waals surface area (Å²) in [7, 11) is 4.55. The third-order valence-electron chi connectivity index (χ3n) is 4.40. The van der Waals surface area contributed by atoms with Gasteiger partial charge in [-0.15, -0.1) is 0 Å². The third kappa shape index (κ3) is 5.13. The molecule has 0 bridgehead atoms. The molecule has 1 heterocycles. The van der Waals surface area contributed by atoms with E-state index < -0.39 is 23.9 Å². The molecular weight excluding hydrogens is 368 g/mol. The molecule has 28 heavy (non-hydrogen) atoms. The van der Waals surface area contributed by atoms with Gasteiger partial charge in [0.1, 0.15) is 11.5 Å². The molecule has 9 nitrogen and oxygen atoms in total. The fourth-order valence-corrected chi connectivity index (χ4v) is 2.85. The molecular formula is C19H26N2O7. The first-order valence-corrected chi connectivity index (χ1v) is 8.90. The van der Waals surface area contributed by atoms with Crippen molar-refractivity contribution < 1.29 is 33.3 Å². The van der Waals surface area contributed by atoms with Crippen LogP contribution in [-0.2, 0) is 23.9 Å². The number of esters is 1. The van der Waals surface area contributed by atoms with Crippen LogP contribution in [0.4, 0.5) is 5.69 Å². The van der Waals surface area contributed by atoms with E-state index >= 15 is 0 Å². The predicted octanol–water partition coefficient (Wildman–Crippen LogP) is 0.751. The van der Waals surface area contributed by atoms with Gasteiger partial charge >= 0.3 is 5.97 Å². The van der Waals surface area contributed by atoms with Crippen LogP contribution in [0.2, 0.25) is 0 Å². The lowest BCUT2D eigenvalue weighted by atomic mass is 10.1. The molecule has 1 fully saturated rings. The highest BCUT2D eigenvalue weighted by molar-refractivity contribution is 6.00. The van der Waals surface area contributed by atoms with E-state index in [1.807, 2.05) is 0 Å². The molecule has 0 saturated carbocycles. The Morgan fingerprint density at radius 2 is 2.00 bits per heavy atom. The molecule has 2 atom stereocenters. The molecule has 9 heteroatoms. The van der Waals surface area contributed by atoms with Crippen molar-refractivity contribution in [3.05, 3.63) is 18.2 Å². The molecule has 1 saturated heterocycles. The topological polar surface area (TPSA) is 103 Å². The van der Waals surface area contributed by atoms with Gasteiger partial charge in [0, 0.05) is 32.7 Å². The zero-order valence-corrected chi connectivity index (χ0v) is 16.5. The number of nitrogens with one attached hydrogen (secondary N) is 1. The molecule has 2 amide bonds. The Bertz CT molecular complexity index is 722. The molecule has 0 aromatic heterocycles. The summed E-state index contributed by atoms with van der Waals surface area (Å²) in [6.45, 7) is 2.33. The summed E-state index contributed by atoms with van der Waals surface area (Å²) in [5.41, 5.74) is 0.550. The summed E-state index contributed by atoms with van der Waals surface area (Å²) in [4.78, 5) is 38.2. The lowest BCUT2D eigenvalue weighted by Gasteiger charge is -2.20. The Morgan fingerprint density at radius 1 is 1.25 bits per heavy atom. The van der Waals surface area contributed by atoms with Crippen LogP contribution in [0.25, 0.3) is 0 Å². The molecule has 0 aliphatic carbocycles. The molecule has 0 radical (unpaired) electrons. The van der Waals surface area contributed by atoms with Crippen LogP contribution < -0.4 is 19.7 Å². The van der Waals surface area contributed by atoms with E-state index in [-0.39, 0.29) is 18.9 Å². The average molecular weight is 394 g/mol. The van der Waals surface area contributed by atoms with Crippen LogP contribution in [0, 0.1) is 5.92 Å². The minimum Gasteiger partial charge on any atom is -0.497 e. The van der Waals surface area contributed by atoms with E-state index in [9.17, 15) is 14.4 Å². The summed E-state index contributed by atoms with van der Waals surface area (Å²) >= 11 is 0. The number of amides is 2. The smallest absolute Gasteiger partial charge is 0.312 e. The van der Waals surface area contributed by atoms with Gasteiger partial charge in [0.15, 0.2) is 6.10 Å². The van der Waals surface area contributed by atoms with Gasteiger partial charge in [-0.3, -0.25) is 14.4 Å². The van der Waals surface area contributed by atoms with E-state index in [0.717, 1.165) is 0 Å². The zero-order chi connectivity index (χ0) is 20.7. The van der Waals surface area contributed by atoms with Crippen LogP contribution in [-0.4, -0.2) is 64.9 Å². The number of carbonyl (C=O) groups is 3. The predicted molar refractivity (Wildman–Crippen MR) is 100 cm³/mol. The quantitative estimate of drug-likeness (QED) is 0.487. The molecule has 1 aromatic carbocycles. The van der Waals surface area contributed by atoms with Crippen LogP contribution in [0.5, 0.6) is 11.5 Å². The van der Waals surface area contributed by atoms with Crippen molar-refractivity contribution in [2.45, 2.75) is 19.4 Å². The van der Waals surface area contributed by atoms with Gasteiger partial charge in [0.2, 0.25) is 5.91 Å². The second-order valence-electron chi connectivity index (χ2n) is 6.31. The first-order chi connectivity index (χ1) is 13.4. The second kappa shape index (κ2) is 9.93. The summed E-state index contributed by atoms with van der Waals surface area (Å²) in [6, 6.07) is 5.08. The second-order valence-corrected chi connectivity index (χ2v) is 6.31. The third-order valence-corrected chi connectivity index (χ3v) is 4.40. The standard InChI is InChI=1S/C19H26N2O7/c1-12(18(23)20-7-8-25-2)28-19(24)13-9-17(22)21(11-13)15-6-5-14(26-3)10-16(15)27-4/h5-6,10,12-13H,7-9,11H2,1-4H3,(H,20,23)/t12-,13+/m1/s1. The normalized spacial score (nSPS) is 17.2. The number of ether oxygens (including phenoxy) is 4. The Kier molecular flexibility index (Phi) is 7.62. The fraction of sp³-hybridized carbons (Fsp3) is 0.526. The van der Waals surface area contributed by atoms with Crippen molar-refractivity contribution >= 4 is 23.5 Å². The monoisotopic (exact) mass is 394 g/mol. The SMILES string of the molecule is COCCNC(=O)[C@@H](C)OC(=O)[C@H]1CC(=O)N(c2ccc(OC)cc2OC)C1. The Morgan fingerprint density at radius 3 is 2.64 bits per heavy atom. The van der Waals surface area contributed by atoms with Gasteiger partial charge in [-0.05, 0) is 19.1 Å². The number of rotatable bonds is 9. The highest BCUT2D eigenvalue weighted by Gasteiger charge is 2.38. The first kappa shape index (κ1) is 21.5. The largest absolute Gasteiger partial charge is 0.497 e. The van der Waals surface area contributed by atoms with Crippen LogP contribution in [0.3, 0.4) is 0 Å². The molecule has 1 aliphatic heterocycles. The maximum Gasteiger partial charge on any atom is 0.312 e. The van der Waals surface area contributed by atoms with E-state index in [2.05, 4.69) is 5.32 Å². The molecule has 0 unspecified atom stereocenters. The van der Waals surface area contributed by atoms with Gasteiger partial charge in [0.25, 0.3) is 5.91 Å². The van der Waals surface area contributed by atoms with E-state index in [0.29, 0.717) is 30.3 Å². The van der Waals surface area contributed by atoms with Crippen molar-refractivity contribution in [1.82, 2.24) is 5.32 Å². The fourth-order valence-electron chi connectivity index (χ4n) is 2.85. The van der Waals surface area contributed by atoms with Crippen molar-refractivity contribution in [3.63, 3.8) is 0 Å². The van der Waals surface area contributed by atoms with Gasteiger partial charge in [-0.1, -0.05) is 0 Å². The molecule has 2 rings (SSSR count).